The van der Waals surface area contributed by atoms with Gasteiger partial charge < -0.3 is 10.6 Å². The Hall–Kier alpha value is -1.22. The van der Waals surface area contributed by atoms with Gasteiger partial charge in [-0.2, -0.15) is 0 Å². The summed E-state index contributed by atoms with van der Waals surface area (Å²) in [5.74, 6) is -0.174. The summed E-state index contributed by atoms with van der Waals surface area (Å²) in [6.07, 6.45) is 4.53. The Bertz CT molecular complexity index is 641. The number of halogens is 2. The zero-order valence-electron chi connectivity index (χ0n) is 13.4. The van der Waals surface area contributed by atoms with Gasteiger partial charge in [0.1, 0.15) is 0 Å². The minimum atomic E-state index is -0.174. The van der Waals surface area contributed by atoms with Gasteiger partial charge in [0.2, 0.25) is 0 Å². The second-order valence-corrected chi connectivity index (χ2v) is 6.49. The van der Waals surface area contributed by atoms with Crippen LogP contribution in [0.1, 0.15) is 40.1 Å². The number of nitrogens with one attached hydrogen (secondary N) is 2. The summed E-state index contributed by atoms with van der Waals surface area (Å²) < 4.78 is 1.82. The molecular weight excluding hydrogens is 371 g/mol. The van der Waals surface area contributed by atoms with Gasteiger partial charge in [-0.3, -0.25) is 4.79 Å². The summed E-state index contributed by atoms with van der Waals surface area (Å²) in [6.45, 7) is 4.51. The molecule has 2 aromatic rings. The van der Waals surface area contributed by atoms with Gasteiger partial charge in [-0.25, -0.2) is 9.67 Å². The lowest BCUT2D eigenvalue weighted by molar-refractivity contribution is 0.0949. The Labute approximate surface area is 157 Å². The lowest BCUT2D eigenvalue weighted by Crippen LogP contribution is -2.29. The molecule has 0 bridgehead atoms. The molecule has 0 aromatic carbocycles. The first-order chi connectivity index (χ1) is 10.7. The van der Waals surface area contributed by atoms with Gasteiger partial charge in [-0.1, -0.05) is 5.21 Å². The van der Waals surface area contributed by atoms with Crippen molar-refractivity contribution in [3.05, 3.63) is 28.0 Å². The first-order valence-corrected chi connectivity index (χ1v) is 8.42. The van der Waals surface area contributed by atoms with Crippen molar-refractivity contribution in [1.82, 2.24) is 30.6 Å². The standard InChI is InChI=1S/C14H20N6OS.2ClH/c1-10-17-11(9-22-10)2-7-16-14(21)13-8-20(19-18-13)12-3-5-15-6-4-12;;/h8-9,12,15H,2-7H2,1H3,(H,16,21);2*1H. The van der Waals surface area contributed by atoms with Gasteiger partial charge in [0.15, 0.2) is 5.69 Å². The normalized spacial score (nSPS) is 14.5. The van der Waals surface area contributed by atoms with Gasteiger partial charge in [0.05, 0.1) is 22.9 Å². The summed E-state index contributed by atoms with van der Waals surface area (Å²) in [5.41, 5.74) is 1.40. The molecule has 0 atom stereocenters. The van der Waals surface area contributed by atoms with Crippen LogP contribution in [0.3, 0.4) is 0 Å². The predicted octanol–water partition coefficient (Wildman–Crippen LogP) is 1.78. The minimum absolute atomic E-state index is 0. The maximum Gasteiger partial charge on any atom is 0.273 e. The second kappa shape index (κ2) is 9.93. The van der Waals surface area contributed by atoms with Crippen molar-refractivity contribution in [3.8, 4) is 0 Å². The predicted molar refractivity (Wildman–Crippen MR) is 98.5 cm³/mol. The Kier molecular flexibility index (Phi) is 8.61. The SMILES string of the molecule is Cc1nc(CCNC(=O)c2cn(C3CCNCC3)nn2)cs1.Cl.Cl. The molecule has 1 aliphatic heterocycles. The lowest BCUT2D eigenvalue weighted by atomic mass is 10.1. The quantitative estimate of drug-likeness (QED) is 0.809. The van der Waals surface area contributed by atoms with Crippen molar-refractivity contribution >= 4 is 42.1 Å². The van der Waals surface area contributed by atoms with Crippen LogP contribution < -0.4 is 10.6 Å². The summed E-state index contributed by atoms with van der Waals surface area (Å²) in [7, 11) is 0. The monoisotopic (exact) mass is 392 g/mol. The van der Waals surface area contributed by atoms with Crippen LogP contribution in [0.4, 0.5) is 0 Å². The molecule has 0 aliphatic carbocycles. The highest BCUT2D eigenvalue weighted by Crippen LogP contribution is 2.17. The van der Waals surface area contributed by atoms with Gasteiger partial charge in [-0.15, -0.1) is 41.2 Å². The van der Waals surface area contributed by atoms with Crippen LogP contribution in [0.15, 0.2) is 11.6 Å². The van der Waals surface area contributed by atoms with E-state index in [2.05, 4.69) is 25.9 Å². The zero-order valence-corrected chi connectivity index (χ0v) is 15.8. The fourth-order valence-electron chi connectivity index (χ4n) is 2.55. The molecule has 0 spiro atoms. The number of rotatable bonds is 5. The number of piperidine rings is 1. The van der Waals surface area contributed by atoms with Gasteiger partial charge in [0, 0.05) is 18.3 Å². The molecule has 0 unspecified atom stereocenters. The number of aromatic nitrogens is 4. The lowest BCUT2D eigenvalue weighted by Gasteiger charge is -2.22. The average Bonchev–Trinajstić information content (AvgIpc) is 3.17. The molecule has 1 saturated heterocycles. The topological polar surface area (TPSA) is 84.7 Å². The van der Waals surface area contributed by atoms with Gasteiger partial charge in [-0.05, 0) is 32.9 Å². The van der Waals surface area contributed by atoms with Crippen LogP contribution in [0.25, 0.3) is 0 Å². The van der Waals surface area contributed by atoms with Crippen molar-refractivity contribution in [1.29, 1.82) is 0 Å². The first-order valence-electron chi connectivity index (χ1n) is 7.54. The van der Waals surface area contributed by atoms with Gasteiger partial charge >= 0.3 is 0 Å². The largest absolute Gasteiger partial charge is 0.350 e. The van der Waals surface area contributed by atoms with Crippen LogP contribution in [-0.2, 0) is 6.42 Å². The fraction of sp³-hybridized carbons (Fsp3) is 0.571. The third-order valence-corrected chi connectivity index (χ3v) is 4.58. The van der Waals surface area contributed by atoms with Crippen LogP contribution in [0.5, 0.6) is 0 Å². The van der Waals surface area contributed by atoms with E-state index in [9.17, 15) is 4.79 Å². The summed E-state index contributed by atoms with van der Waals surface area (Å²) in [6, 6.07) is 0.341. The summed E-state index contributed by atoms with van der Waals surface area (Å²) >= 11 is 1.62. The molecule has 1 amide bonds. The van der Waals surface area contributed by atoms with Crippen molar-refractivity contribution < 1.29 is 4.79 Å². The number of hydrogen-bond acceptors (Lipinski definition) is 6. The van der Waals surface area contributed by atoms with Crippen molar-refractivity contribution in [2.45, 2.75) is 32.2 Å². The van der Waals surface area contributed by atoms with Crippen molar-refractivity contribution in [2.75, 3.05) is 19.6 Å². The third kappa shape index (κ3) is 5.41. The van der Waals surface area contributed by atoms with E-state index >= 15 is 0 Å². The average molecular weight is 393 g/mol. The zero-order chi connectivity index (χ0) is 15.4. The van der Waals surface area contributed by atoms with Crippen LogP contribution in [0.2, 0.25) is 0 Å². The van der Waals surface area contributed by atoms with E-state index in [1.54, 1.807) is 17.5 Å². The molecule has 1 fully saturated rings. The Balaban J connectivity index is 0.00000144. The highest BCUT2D eigenvalue weighted by atomic mass is 35.5. The maximum atomic E-state index is 12.1. The summed E-state index contributed by atoms with van der Waals surface area (Å²) in [5, 5.41) is 17.3. The number of carbonyl (C=O) groups is 1. The molecule has 24 heavy (non-hydrogen) atoms. The molecule has 0 saturated carbocycles. The van der Waals surface area contributed by atoms with E-state index in [0.717, 1.165) is 43.1 Å². The first kappa shape index (κ1) is 20.8. The second-order valence-electron chi connectivity index (χ2n) is 5.43. The Morgan fingerprint density at radius 1 is 1.42 bits per heavy atom. The number of carbonyl (C=O) groups excluding carboxylic acids is 1. The van der Waals surface area contributed by atoms with Crippen LogP contribution in [0, 0.1) is 6.92 Å². The van der Waals surface area contributed by atoms with E-state index < -0.39 is 0 Å². The highest BCUT2D eigenvalue weighted by molar-refractivity contribution is 7.09. The molecule has 3 heterocycles. The van der Waals surface area contributed by atoms with Crippen molar-refractivity contribution in [3.63, 3.8) is 0 Å². The maximum absolute atomic E-state index is 12.1. The van der Waals surface area contributed by atoms with Crippen LogP contribution >= 0.6 is 36.2 Å². The molecule has 1 aliphatic rings. The van der Waals surface area contributed by atoms with E-state index in [1.165, 1.54) is 0 Å². The molecule has 7 nitrogen and oxygen atoms in total. The molecule has 3 rings (SSSR count). The molecule has 2 N–H and O–H groups in total. The van der Waals surface area contributed by atoms with Crippen LogP contribution in [-0.4, -0.2) is 45.5 Å². The number of aryl methyl sites for hydroxylation is 1. The fourth-order valence-corrected chi connectivity index (χ4v) is 3.20. The molecule has 0 radical (unpaired) electrons. The van der Waals surface area contributed by atoms with Crippen molar-refractivity contribution in [2.24, 2.45) is 0 Å². The molecule has 10 heteroatoms. The third-order valence-electron chi connectivity index (χ3n) is 3.76. The molecule has 2 aromatic heterocycles. The highest BCUT2D eigenvalue weighted by Gasteiger charge is 2.18. The number of hydrogen-bond donors (Lipinski definition) is 2. The number of nitrogens with zero attached hydrogens (tertiary/aromatic N) is 4. The Morgan fingerprint density at radius 2 is 2.17 bits per heavy atom. The Morgan fingerprint density at radius 3 is 2.83 bits per heavy atom. The molecular formula is C14H22Cl2N6OS. The number of amides is 1. The van der Waals surface area contributed by atoms with E-state index in [1.807, 2.05) is 17.0 Å². The minimum Gasteiger partial charge on any atom is -0.350 e. The van der Waals surface area contributed by atoms with E-state index in [-0.39, 0.29) is 30.7 Å². The smallest absolute Gasteiger partial charge is 0.273 e. The van der Waals surface area contributed by atoms with E-state index in [4.69, 9.17) is 0 Å². The number of thiazole rings is 1. The molecule has 134 valence electrons. The van der Waals surface area contributed by atoms with E-state index in [0.29, 0.717) is 18.3 Å². The summed E-state index contributed by atoms with van der Waals surface area (Å²) in [4.78, 5) is 16.5. The van der Waals surface area contributed by atoms with Gasteiger partial charge in [0.25, 0.3) is 5.91 Å².